The number of anilines is 1. The molecule has 2 N–H and O–H groups in total. The lowest BCUT2D eigenvalue weighted by atomic mass is 10.0. The van der Waals surface area contributed by atoms with Gasteiger partial charge in [0.05, 0.1) is 17.7 Å². The molecule has 3 amide bonds. The van der Waals surface area contributed by atoms with Crippen LogP contribution in [0.5, 0.6) is 11.5 Å². The fourth-order valence-electron chi connectivity index (χ4n) is 3.52. The second-order valence-electron chi connectivity index (χ2n) is 8.61. The Labute approximate surface area is 207 Å². The summed E-state index contributed by atoms with van der Waals surface area (Å²) >= 11 is 1.27. The quantitative estimate of drug-likeness (QED) is 0.464. The number of carbonyl (C=O) groups is 3. The molecule has 35 heavy (non-hydrogen) atoms. The van der Waals surface area contributed by atoms with Gasteiger partial charge in [0.2, 0.25) is 12.7 Å². The number of hydrogen-bond donors (Lipinski definition) is 2. The van der Waals surface area contributed by atoms with Gasteiger partial charge in [-0.25, -0.2) is 0 Å². The van der Waals surface area contributed by atoms with E-state index in [1.54, 1.807) is 47.8 Å². The normalized spacial score (nSPS) is 13.2. The lowest BCUT2D eigenvalue weighted by molar-refractivity contribution is -0.128. The third kappa shape index (κ3) is 5.48. The van der Waals surface area contributed by atoms with E-state index in [4.69, 9.17) is 13.9 Å². The van der Waals surface area contributed by atoms with E-state index < -0.39 is 23.4 Å². The second-order valence-corrected chi connectivity index (χ2v) is 9.55. The van der Waals surface area contributed by atoms with Crippen LogP contribution >= 0.6 is 11.3 Å². The number of carbonyl (C=O) groups excluding carboxylic acids is 3. The van der Waals surface area contributed by atoms with Crippen molar-refractivity contribution in [2.45, 2.75) is 38.8 Å². The van der Waals surface area contributed by atoms with Gasteiger partial charge in [-0.2, -0.15) is 0 Å². The molecule has 3 heterocycles. The third-order valence-corrected chi connectivity index (χ3v) is 6.58. The van der Waals surface area contributed by atoms with Crippen LogP contribution in [0.15, 0.2) is 58.5 Å². The third-order valence-electron chi connectivity index (χ3n) is 5.71. The second kappa shape index (κ2) is 10.2. The predicted octanol–water partition coefficient (Wildman–Crippen LogP) is 3.88. The highest BCUT2D eigenvalue weighted by Crippen LogP contribution is 2.38. The number of rotatable bonds is 9. The summed E-state index contributed by atoms with van der Waals surface area (Å²) in [6, 6.07) is 10.6. The Morgan fingerprint density at radius 3 is 2.60 bits per heavy atom. The summed E-state index contributed by atoms with van der Waals surface area (Å²) in [5, 5.41) is 7.43. The molecule has 0 aliphatic carbocycles. The minimum Gasteiger partial charge on any atom is -0.467 e. The molecule has 184 valence electrons. The first-order chi connectivity index (χ1) is 16.8. The van der Waals surface area contributed by atoms with E-state index in [9.17, 15) is 14.4 Å². The number of nitrogens with one attached hydrogen (secondary N) is 2. The molecule has 4 rings (SSSR count). The standard InChI is InChI=1S/C25H27N3O6S/c1-4-25(2,3)27-24(31)22(18-7-5-11-32-18)28(16-9-10-17-19(13-16)34-15-33-17)21(29)14-26-23(30)20-8-6-12-35-20/h5-13,22H,4,14-15H2,1-3H3,(H,26,30)(H,27,31). The maximum absolute atomic E-state index is 13.6. The van der Waals surface area contributed by atoms with E-state index >= 15 is 0 Å². The molecule has 9 nitrogen and oxygen atoms in total. The first-order valence-electron chi connectivity index (χ1n) is 11.2. The highest BCUT2D eigenvalue weighted by Gasteiger charge is 2.37. The molecule has 0 saturated carbocycles. The molecule has 1 aromatic carbocycles. The Morgan fingerprint density at radius 1 is 1.11 bits per heavy atom. The van der Waals surface area contributed by atoms with Crippen molar-refractivity contribution >= 4 is 34.7 Å². The molecule has 0 saturated heterocycles. The predicted molar refractivity (Wildman–Crippen MR) is 131 cm³/mol. The lowest BCUT2D eigenvalue weighted by Gasteiger charge is -2.33. The number of benzene rings is 1. The highest BCUT2D eigenvalue weighted by molar-refractivity contribution is 7.12. The molecule has 1 aliphatic rings. The molecule has 3 aromatic rings. The van der Waals surface area contributed by atoms with Gasteiger partial charge in [-0.15, -0.1) is 11.3 Å². The van der Waals surface area contributed by atoms with Gasteiger partial charge in [0.1, 0.15) is 5.76 Å². The van der Waals surface area contributed by atoms with E-state index in [1.165, 1.54) is 22.5 Å². The van der Waals surface area contributed by atoms with Crippen molar-refractivity contribution in [3.05, 3.63) is 64.7 Å². The van der Waals surface area contributed by atoms with Crippen molar-refractivity contribution in [3.8, 4) is 11.5 Å². The summed E-state index contributed by atoms with van der Waals surface area (Å²) < 4.78 is 16.5. The number of amides is 3. The van der Waals surface area contributed by atoms with Gasteiger partial charge in [0.25, 0.3) is 11.8 Å². The van der Waals surface area contributed by atoms with Crippen LogP contribution in [0.4, 0.5) is 5.69 Å². The molecule has 0 fully saturated rings. The first kappa shape index (κ1) is 24.3. The van der Waals surface area contributed by atoms with Crippen LogP contribution in [0.25, 0.3) is 0 Å². The summed E-state index contributed by atoms with van der Waals surface area (Å²) in [6.45, 7) is 5.50. The summed E-state index contributed by atoms with van der Waals surface area (Å²) in [6.07, 6.45) is 2.12. The number of nitrogens with zero attached hydrogens (tertiary/aromatic N) is 1. The van der Waals surface area contributed by atoms with Crippen LogP contribution in [-0.2, 0) is 9.59 Å². The molecule has 0 spiro atoms. The minimum atomic E-state index is -1.12. The Morgan fingerprint density at radius 2 is 1.91 bits per heavy atom. The number of thiophene rings is 1. The number of furan rings is 1. The average Bonchev–Trinajstić information content (AvgIpc) is 3.62. The number of hydrogen-bond acceptors (Lipinski definition) is 7. The van der Waals surface area contributed by atoms with Crippen LogP contribution in [0, 0.1) is 0 Å². The Bertz CT molecular complexity index is 1190. The maximum Gasteiger partial charge on any atom is 0.261 e. The van der Waals surface area contributed by atoms with E-state index in [0.29, 0.717) is 28.5 Å². The summed E-state index contributed by atoms with van der Waals surface area (Å²) in [4.78, 5) is 41.5. The van der Waals surface area contributed by atoms with Gasteiger partial charge in [-0.3, -0.25) is 19.3 Å². The summed E-state index contributed by atoms with van der Waals surface area (Å²) in [7, 11) is 0. The molecule has 0 bridgehead atoms. The molecule has 1 atom stereocenters. The molecule has 0 radical (unpaired) electrons. The Kier molecular flexibility index (Phi) is 7.11. The van der Waals surface area contributed by atoms with Crippen molar-refractivity contribution < 1.29 is 28.3 Å². The lowest BCUT2D eigenvalue weighted by Crippen LogP contribution is -2.52. The average molecular weight is 498 g/mol. The highest BCUT2D eigenvalue weighted by atomic mass is 32.1. The monoisotopic (exact) mass is 497 g/mol. The fourth-order valence-corrected chi connectivity index (χ4v) is 4.16. The Balaban J connectivity index is 1.70. The van der Waals surface area contributed by atoms with Crippen LogP contribution in [0.2, 0.25) is 0 Å². The van der Waals surface area contributed by atoms with Crippen LogP contribution < -0.4 is 25.0 Å². The smallest absolute Gasteiger partial charge is 0.261 e. The first-order valence-corrected chi connectivity index (χ1v) is 12.1. The molecule has 2 aromatic heterocycles. The van der Waals surface area contributed by atoms with E-state index in [0.717, 1.165) is 0 Å². The topological polar surface area (TPSA) is 110 Å². The van der Waals surface area contributed by atoms with Gasteiger partial charge in [-0.05, 0) is 56.0 Å². The van der Waals surface area contributed by atoms with Crippen molar-refractivity contribution in [1.82, 2.24) is 10.6 Å². The molecular formula is C25H27N3O6S. The van der Waals surface area contributed by atoms with Crippen LogP contribution in [0.1, 0.15) is 48.7 Å². The molecule has 10 heteroatoms. The zero-order valence-corrected chi connectivity index (χ0v) is 20.5. The van der Waals surface area contributed by atoms with Gasteiger partial charge < -0.3 is 24.5 Å². The summed E-state index contributed by atoms with van der Waals surface area (Å²) in [5.74, 6) is -0.00851. The van der Waals surface area contributed by atoms with Crippen LogP contribution in [0.3, 0.4) is 0 Å². The molecular weight excluding hydrogens is 470 g/mol. The number of fused-ring (bicyclic) bond motifs is 1. The van der Waals surface area contributed by atoms with E-state index in [2.05, 4.69) is 10.6 Å². The molecule has 1 aliphatic heterocycles. The summed E-state index contributed by atoms with van der Waals surface area (Å²) in [5.41, 5.74) is -0.116. The zero-order chi connectivity index (χ0) is 25.0. The number of ether oxygens (including phenoxy) is 2. The Hall–Kier alpha value is -3.79. The SMILES string of the molecule is CCC(C)(C)NC(=O)C(c1ccco1)N(C(=O)CNC(=O)c1cccs1)c1ccc2c(c1)OCO2. The van der Waals surface area contributed by atoms with Crippen LogP contribution in [-0.4, -0.2) is 36.6 Å². The van der Waals surface area contributed by atoms with Crippen molar-refractivity contribution in [3.63, 3.8) is 0 Å². The largest absolute Gasteiger partial charge is 0.467 e. The van der Waals surface area contributed by atoms with Gasteiger partial charge in [-0.1, -0.05) is 13.0 Å². The van der Waals surface area contributed by atoms with Gasteiger partial charge in [0, 0.05) is 17.3 Å². The van der Waals surface area contributed by atoms with Gasteiger partial charge >= 0.3 is 0 Å². The zero-order valence-electron chi connectivity index (χ0n) is 19.7. The minimum absolute atomic E-state index is 0.0659. The van der Waals surface area contributed by atoms with Crippen molar-refractivity contribution in [2.24, 2.45) is 0 Å². The van der Waals surface area contributed by atoms with E-state index in [1.807, 2.05) is 20.8 Å². The fraction of sp³-hybridized carbons (Fsp3) is 0.320. The van der Waals surface area contributed by atoms with E-state index in [-0.39, 0.29) is 25.0 Å². The van der Waals surface area contributed by atoms with Gasteiger partial charge in [0.15, 0.2) is 17.5 Å². The maximum atomic E-state index is 13.6. The van der Waals surface area contributed by atoms with Crippen molar-refractivity contribution in [2.75, 3.05) is 18.2 Å². The molecule has 1 unspecified atom stereocenters. The van der Waals surface area contributed by atoms with Crippen molar-refractivity contribution in [1.29, 1.82) is 0 Å².